The Morgan fingerprint density at radius 2 is 1.96 bits per heavy atom. The van der Waals surface area contributed by atoms with Crippen molar-refractivity contribution in [2.45, 2.75) is 48.8 Å². The number of fused-ring (bicyclic) bond motifs is 1. The van der Waals surface area contributed by atoms with Gasteiger partial charge in [0.2, 0.25) is 0 Å². The number of imidazole rings is 1. The van der Waals surface area contributed by atoms with Gasteiger partial charge < -0.3 is 0 Å². The lowest BCUT2D eigenvalue weighted by atomic mass is 10.3. The summed E-state index contributed by atoms with van der Waals surface area (Å²) in [5.74, 6) is 2.73. The van der Waals surface area contributed by atoms with Crippen LogP contribution in [0.2, 0.25) is 0 Å². The summed E-state index contributed by atoms with van der Waals surface area (Å²) >= 11 is 10.0. The third-order valence-electron chi connectivity index (χ3n) is 4.02. The molecule has 0 N–H and O–H groups in total. The molecule has 0 unspecified atom stereocenters. The van der Waals surface area contributed by atoms with Crippen LogP contribution in [0.5, 0.6) is 0 Å². The minimum absolute atomic E-state index is 0.704. The molecule has 0 saturated heterocycles. The van der Waals surface area contributed by atoms with Gasteiger partial charge in [-0.3, -0.25) is 0 Å². The standard InChI is InChI=1S/C19H22ClN3S2/c1-3-4-7-12-24-17-10-11-21-19(14(17)2)25-13-18-22-15-8-5-6-9-16(15)23(18)20/h5-6,8-11H,3-4,7,12-13H2,1-2H3. The summed E-state index contributed by atoms with van der Waals surface area (Å²) in [5.41, 5.74) is 3.13. The molecule has 0 aliphatic rings. The molecule has 25 heavy (non-hydrogen) atoms. The van der Waals surface area contributed by atoms with Crippen molar-refractivity contribution >= 4 is 46.3 Å². The third kappa shape index (κ3) is 4.52. The van der Waals surface area contributed by atoms with Gasteiger partial charge in [-0.15, -0.1) is 11.8 Å². The van der Waals surface area contributed by atoms with Crippen LogP contribution in [0.4, 0.5) is 0 Å². The summed E-state index contributed by atoms with van der Waals surface area (Å²) in [6.45, 7) is 4.39. The third-order valence-corrected chi connectivity index (χ3v) is 6.73. The zero-order chi connectivity index (χ0) is 17.6. The van der Waals surface area contributed by atoms with Crippen molar-refractivity contribution in [2.24, 2.45) is 0 Å². The molecule has 0 saturated carbocycles. The van der Waals surface area contributed by atoms with Crippen molar-refractivity contribution in [2.75, 3.05) is 5.75 Å². The monoisotopic (exact) mass is 391 g/mol. The molecule has 2 heterocycles. The number of thioether (sulfide) groups is 2. The summed E-state index contributed by atoms with van der Waals surface area (Å²) < 4.78 is 1.65. The average molecular weight is 392 g/mol. The van der Waals surface area contributed by atoms with E-state index in [9.17, 15) is 0 Å². The molecule has 6 heteroatoms. The minimum Gasteiger partial charge on any atom is -0.250 e. The molecule has 0 bridgehead atoms. The number of hydrogen-bond acceptors (Lipinski definition) is 4. The van der Waals surface area contributed by atoms with Crippen LogP contribution in [0.25, 0.3) is 11.0 Å². The lowest BCUT2D eigenvalue weighted by Crippen LogP contribution is -1.94. The van der Waals surface area contributed by atoms with Crippen molar-refractivity contribution < 1.29 is 0 Å². The van der Waals surface area contributed by atoms with E-state index in [2.05, 4.69) is 29.9 Å². The Morgan fingerprint density at radius 3 is 2.76 bits per heavy atom. The second kappa shape index (κ2) is 8.97. The van der Waals surface area contributed by atoms with Gasteiger partial charge in [0, 0.05) is 22.9 Å². The van der Waals surface area contributed by atoms with Crippen LogP contribution in [0, 0.1) is 6.92 Å². The zero-order valence-electron chi connectivity index (χ0n) is 14.5. The molecule has 0 aliphatic carbocycles. The summed E-state index contributed by atoms with van der Waals surface area (Å²) in [6.07, 6.45) is 5.73. The van der Waals surface area contributed by atoms with E-state index in [1.54, 1.807) is 15.8 Å². The maximum Gasteiger partial charge on any atom is 0.135 e. The summed E-state index contributed by atoms with van der Waals surface area (Å²) in [4.78, 5) is 10.5. The van der Waals surface area contributed by atoms with Gasteiger partial charge in [-0.25, -0.2) is 14.1 Å². The van der Waals surface area contributed by atoms with Gasteiger partial charge in [0.1, 0.15) is 10.9 Å². The van der Waals surface area contributed by atoms with Crippen molar-refractivity contribution in [3.63, 3.8) is 0 Å². The molecule has 1 aromatic carbocycles. The minimum atomic E-state index is 0.704. The molecular formula is C19H22ClN3S2. The van der Waals surface area contributed by atoms with Gasteiger partial charge in [-0.05, 0) is 42.9 Å². The number of halogens is 1. The van der Waals surface area contributed by atoms with Gasteiger partial charge in [-0.2, -0.15) is 0 Å². The lowest BCUT2D eigenvalue weighted by molar-refractivity contribution is 0.778. The van der Waals surface area contributed by atoms with E-state index in [4.69, 9.17) is 11.8 Å². The molecular weight excluding hydrogens is 370 g/mol. The summed E-state index contributed by atoms with van der Waals surface area (Å²) in [7, 11) is 0. The first-order valence-corrected chi connectivity index (χ1v) is 10.9. The van der Waals surface area contributed by atoms with Crippen molar-refractivity contribution in [3.05, 3.63) is 47.9 Å². The highest BCUT2D eigenvalue weighted by Gasteiger charge is 2.12. The number of pyridine rings is 1. The zero-order valence-corrected chi connectivity index (χ0v) is 16.9. The Morgan fingerprint density at radius 1 is 1.12 bits per heavy atom. The first-order valence-electron chi connectivity index (χ1n) is 8.54. The van der Waals surface area contributed by atoms with E-state index in [-0.39, 0.29) is 0 Å². The fourth-order valence-electron chi connectivity index (χ4n) is 2.60. The Balaban J connectivity index is 1.69. The topological polar surface area (TPSA) is 30.7 Å². The molecule has 0 atom stereocenters. The molecule has 2 aromatic heterocycles. The molecule has 3 rings (SSSR count). The van der Waals surface area contributed by atoms with Crippen molar-refractivity contribution in [1.29, 1.82) is 0 Å². The number of aromatic nitrogens is 3. The van der Waals surface area contributed by atoms with Crippen LogP contribution in [0.3, 0.4) is 0 Å². The number of rotatable bonds is 8. The van der Waals surface area contributed by atoms with E-state index in [1.807, 2.05) is 42.2 Å². The first-order chi connectivity index (χ1) is 12.2. The fourth-order valence-corrected chi connectivity index (χ4v) is 4.94. The molecule has 0 fully saturated rings. The van der Waals surface area contributed by atoms with Crippen LogP contribution < -0.4 is 0 Å². The Hall–Kier alpha value is -1.17. The number of unbranched alkanes of at least 4 members (excludes halogenated alkanes) is 2. The van der Waals surface area contributed by atoms with Gasteiger partial charge in [0.25, 0.3) is 0 Å². The van der Waals surface area contributed by atoms with Crippen LogP contribution in [-0.4, -0.2) is 19.8 Å². The van der Waals surface area contributed by atoms with E-state index in [1.165, 1.54) is 35.5 Å². The highest BCUT2D eigenvalue weighted by molar-refractivity contribution is 7.99. The summed E-state index contributed by atoms with van der Waals surface area (Å²) in [5, 5.41) is 1.06. The lowest BCUT2D eigenvalue weighted by Gasteiger charge is -2.09. The van der Waals surface area contributed by atoms with E-state index in [0.29, 0.717) is 5.75 Å². The van der Waals surface area contributed by atoms with E-state index < -0.39 is 0 Å². The number of hydrogen-bond donors (Lipinski definition) is 0. The van der Waals surface area contributed by atoms with E-state index in [0.717, 1.165) is 21.9 Å². The second-order valence-corrected chi connectivity index (χ2v) is 8.32. The van der Waals surface area contributed by atoms with Gasteiger partial charge in [-0.1, -0.05) is 43.7 Å². The van der Waals surface area contributed by atoms with Crippen molar-refractivity contribution in [1.82, 2.24) is 14.1 Å². The quantitative estimate of drug-likeness (QED) is 0.332. The Labute approximate surface area is 162 Å². The highest BCUT2D eigenvalue weighted by atomic mass is 35.5. The van der Waals surface area contributed by atoms with Gasteiger partial charge in [0.15, 0.2) is 0 Å². The SMILES string of the molecule is CCCCCSc1ccnc(SCc2nc3ccccc3n2Cl)c1C. The van der Waals surface area contributed by atoms with Gasteiger partial charge >= 0.3 is 0 Å². The normalized spacial score (nSPS) is 11.3. The summed E-state index contributed by atoms with van der Waals surface area (Å²) in [6, 6.07) is 10.0. The number of benzene rings is 1. The Kier molecular flexibility index (Phi) is 6.68. The van der Waals surface area contributed by atoms with E-state index >= 15 is 0 Å². The predicted molar refractivity (Wildman–Crippen MR) is 110 cm³/mol. The molecule has 0 spiro atoms. The van der Waals surface area contributed by atoms with Crippen LogP contribution in [-0.2, 0) is 5.75 Å². The molecule has 3 aromatic rings. The molecule has 3 nitrogen and oxygen atoms in total. The predicted octanol–water partition coefficient (Wildman–Crippen LogP) is 6.32. The van der Waals surface area contributed by atoms with Crippen LogP contribution >= 0.6 is 35.3 Å². The molecule has 0 amide bonds. The maximum absolute atomic E-state index is 6.41. The largest absolute Gasteiger partial charge is 0.250 e. The molecule has 0 aliphatic heterocycles. The highest BCUT2D eigenvalue weighted by Crippen LogP contribution is 2.31. The number of nitrogens with zero attached hydrogens (tertiary/aromatic N) is 3. The molecule has 132 valence electrons. The first kappa shape index (κ1) is 18.6. The molecule has 0 radical (unpaired) electrons. The van der Waals surface area contributed by atoms with Gasteiger partial charge in [0.05, 0.1) is 16.8 Å². The Bertz CT molecular complexity index is 848. The van der Waals surface area contributed by atoms with Crippen LogP contribution in [0.1, 0.15) is 37.6 Å². The fraction of sp³-hybridized carbons (Fsp3) is 0.368. The maximum atomic E-state index is 6.41. The van der Waals surface area contributed by atoms with Crippen molar-refractivity contribution in [3.8, 4) is 0 Å². The van der Waals surface area contributed by atoms with Crippen LogP contribution in [0.15, 0.2) is 46.5 Å². The smallest absolute Gasteiger partial charge is 0.135 e. The average Bonchev–Trinajstić information content (AvgIpc) is 2.95. The second-order valence-electron chi connectivity index (χ2n) is 5.88. The number of para-hydroxylation sites is 2.